The van der Waals surface area contributed by atoms with E-state index < -0.39 is 5.97 Å². The predicted octanol–water partition coefficient (Wildman–Crippen LogP) is 5.45. The Balaban J connectivity index is 1.73. The van der Waals surface area contributed by atoms with E-state index in [4.69, 9.17) is 16.3 Å². The Morgan fingerprint density at radius 1 is 1.14 bits per heavy atom. The Morgan fingerprint density at radius 2 is 1.93 bits per heavy atom. The van der Waals surface area contributed by atoms with Crippen molar-refractivity contribution >= 4 is 45.6 Å². The zero-order valence-corrected chi connectivity index (χ0v) is 17.3. The molecule has 0 aliphatic rings. The van der Waals surface area contributed by atoms with Crippen molar-refractivity contribution in [2.45, 2.75) is 27.4 Å². The van der Waals surface area contributed by atoms with Crippen LogP contribution in [-0.4, -0.2) is 16.9 Å². The maximum Gasteiger partial charge on any atom is 0.338 e. The highest BCUT2D eigenvalue weighted by atomic mass is 35.5. The summed E-state index contributed by atoms with van der Waals surface area (Å²) in [5.41, 5.74) is 3.86. The number of esters is 1. The quantitative estimate of drug-likeness (QED) is 0.520. The highest BCUT2D eigenvalue weighted by Crippen LogP contribution is 2.30. The summed E-state index contributed by atoms with van der Waals surface area (Å²) < 4.78 is 5.37. The first-order chi connectivity index (χ1) is 13.3. The maximum absolute atomic E-state index is 12.3. The average Bonchev–Trinajstić information content (AvgIpc) is 3.10. The minimum atomic E-state index is -0.407. The van der Waals surface area contributed by atoms with E-state index >= 15 is 0 Å². The number of aromatic nitrogens is 1. The minimum Gasteiger partial charge on any atom is -0.456 e. The summed E-state index contributed by atoms with van der Waals surface area (Å²) in [7, 11) is 0. The van der Waals surface area contributed by atoms with Gasteiger partial charge in [0, 0.05) is 17.3 Å². The van der Waals surface area contributed by atoms with E-state index in [2.05, 4.69) is 4.98 Å². The molecule has 0 aliphatic heterocycles. The summed E-state index contributed by atoms with van der Waals surface area (Å²) >= 11 is 7.34. The Labute approximate surface area is 172 Å². The Bertz CT molecular complexity index is 1030. The summed E-state index contributed by atoms with van der Waals surface area (Å²) in [5.74, 6) is -0.591. The Morgan fingerprint density at radius 3 is 2.61 bits per heavy atom. The molecule has 1 amide bonds. The lowest BCUT2D eigenvalue weighted by Gasteiger charge is -2.18. The largest absolute Gasteiger partial charge is 0.456 e. The molecule has 5 nitrogen and oxygen atoms in total. The van der Waals surface area contributed by atoms with Crippen molar-refractivity contribution in [3.63, 3.8) is 0 Å². The summed E-state index contributed by atoms with van der Waals surface area (Å²) in [6.07, 6.45) is 0. The number of anilines is 2. The second-order valence-corrected chi connectivity index (χ2v) is 7.60. The third-order valence-corrected chi connectivity index (χ3v) is 5.32. The molecule has 1 heterocycles. The third kappa shape index (κ3) is 4.58. The molecule has 3 rings (SSSR count). The van der Waals surface area contributed by atoms with Crippen molar-refractivity contribution in [1.82, 2.24) is 4.98 Å². The van der Waals surface area contributed by atoms with Gasteiger partial charge in [0.2, 0.25) is 5.91 Å². The van der Waals surface area contributed by atoms with Crippen LogP contribution in [0.15, 0.2) is 47.8 Å². The van der Waals surface area contributed by atoms with Gasteiger partial charge in [0.1, 0.15) is 6.61 Å². The van der Waals surface area contributed by atoms with Gasteiger partial charge in [0.05, 0.1) is 16.9 Å². The highest BCUT2D eigenvalue weighted by molar-refractivity contribution is 7.14. The number of carbonyl (C=O) groups is 2. The van der Waals surface area contributed by atoms with Crippen molar-refractivity contribution in [2.24, 2.45) is 0 Å². The molecule has 144 valence electrons. The normalized spacial score (nSPS) is 10.6. The van der Waals surface area contributed by atoms with Crippen molar-refractivity contribution in [1.29, 1.82) is 0 Å². The predicted molar refractivity (Wildman–Crippen MR) is 111 cm³/mol. The number of thiazole rings is 1. The average molecular weight is 415 g/mol. The molecule has 0 N–H and O–H groups in total. The number of amides is 1. The molecule has 0 atom stereocenters. The molecule has 2 aromatic carbocycles. The zero-order chi connectivity index (χ0) is 20.3. The molecule has 1 aromatic heterocycles. The highest BCUT2D eigenvalue weighted by Gasteiger charge is 2.19. The molecule has 7 heteroatoms. The van der Waals surface area contributed by atoms with Crippen LogP contribution < -0.4 is 4.90 Å². The number of ether oxygens (including phenoxy) is 1. The van der Waals surface area contributed by atoms with E-state index in [1.54, 1.807) is 41.8 Å². The van der Waals surface area contributed by atoms with E-state index in [9.17, 15) is 9.59 Å². The van der Waals surface area contributed by atoms with Gasteiger partial charge in [0.25, 0.3) is 0 Å². The zero-order valence-electron chi connectivity index (χ0n) is 15.7. The van der Waals surface area contributed by atoms with Gasteiger partial charge in [-0.15, -0.1) is 11.3 Å². The van der Waals surface area contributed by atoms with Crippen LogP contribution in [0.5, 0.6) is 0 Å². The first kappa shape index (κ1) is 20.0. The van der Waals surface area contributed by atoms with Crippen LogP contribution in [0, 0.1) is 13.8 Å². The second kappa shape index (κ2) is 8.54. The van der Waals surface area contributed by atoms with E-state index in [1.165, 1.54) is 23.2 Å². The number of carbonyl (C=O) groups excluding carboxylic acids is 2. The molecule has 0 aliphatic carbocycles. The number of hydrogen-bond donors (Lipinski definition) is 0. The number of aryl methyl sites for hydroxylation is 2. The van der Waals surface area contributed by atoms with E-state index in [0.717, 1.165) is 11.1 Å². The topological polar surface area (TPSA) is 59.5 Å². The summed E-state index contributed by atoms with van der Waals surface area (Å²) in [6.45, 7) is 5.43. The van der Waals surface area contributed by atoms with Gasteiger partial charge in [-0.25, -0.2) is 9.78 Å². The molecule has 0 radical (unpaired) electrons. The minimum absolute atomic E-state index is 0.0313. The van der Waals surface area contributed by atoms with E-state index in [0.29, 0.717) is 27.1 Å². The number of halogens is 1. The lowest BCUT2D eigenvalue weighted by Crippen LogP contribution is -2.22. The fourth-order valence-corrected chi connectivity index (χ4v) is 3.65. The van der Waals surface area contributed by atoms with Crippen molar-refractivity contribution < 1.29 is 14.3 Å². The van der Waals surface area contributed by atoms with Crippen molar-refractivity contribution in [2.75, 3.05) is 4.90 Å². The van der Waals surface area contributed by atoms with Gasteiger partial charge >= 0.3 is 5.97 Å². The fraction of sp³-hybridized carbons (Fsp3) is 0.190. The molecule has 28 heavy (non-hydrogen) atoms. The van der Waals surface area contributed by atoms with Crippen LogP contribution in [0.4, 0.5) is 10.8 Å². The van der Waals surface area contributed by atoms with Crippen LogP contribution in [0.3, 0.4) is 0 Å². The Hall–Kier alpha value is -2.70. The monoisotopic (exact) mass is 414 g/mol. The Kier molecular flexibility index (Phi) is 6.11. The molecular weight excluding hydrogens is 396 g/mol. The van der Waals surface area contributed by atoms with Gasteiger partial charge < -0.3 is 4.74 Å². The summed E-state index contributed by atoms with van der Waals surface area (Å²) in [6, 6.07) is 12.4. The van der Waals surface area contributed by atoms with Gasteiger partial charge in [-0.1, -0.05) is 23.7 Å². The third-order valence-electron chi connectivity index (χ3n) is 4.21. The number of benzene rings is 2. The second-order valence-electron chi connectivity index (χ2n) is 6.33. The molecule has 0 saturated carbocycles. The standard InChI is InChI=1S/C21H19ClN2O3S/c1-13-7-8-16(9-14(13)2)20(26)27-11-18-12-28-21(23-18)24(15(3)25)19-6-4-5-17(22)10-19/h4-10,12H,11H2,1-3H3. The van der Waals surface area contributed by atoms with Gasteiger partial charge in [-0.3, -0.25) is 9.69 Å². The molecule has 0 saturated heterocycles. The van der Waals surface area contributed by atoms with E-state index in [1.807, 2.05) is 19.9 Å². The molecule has 0 spiro atoms. The summed E-state index contributed by atoms with van der Waals surface area (Å²) in [4.78, 5) is 30.3. The van der Waals surface area contributed by atoms with Gasteiger partial charge in [-0.05, 0) is 55.3 Å². The molecule has 0 unspecified atom stereocenters. The summed E-state index contributed by atoms with van der Waals surface area (Å²) in [5, 5.41) is 2.79. The first-order valence-corrected chi connectivity index (χ1v) is 9.86. The number of rotatable bonds is 5. The molecular formula is C21H19ClN2O3S. The van der Waals surface area contributed by atoms with Gasteiger partial charge in [0.15, 0.2) is 5.13 Å². The fourth-order valence-electron chi connectivity index (χ4n) is 2.60. The van der Waals surface area contributed by atoms with Crippen LogP contribution in [0.1, 0.15) is 34.1 Å². The number of hydrogen-bond acceptors (Lipinski definition) is 5. The van der Waals surface area contributed by atoms with Crippen LogP contribution in [0.25, 0.3) is 0 Å². The molecule has 0 bridgehead atoms. The molecule has 3 aromatic rings. The smallest absolute Gasteiger partial charge is 0.338 e. The van der Waals surface area contributed by atoms with Crippen molar-refractivity contribution in [3.05, 3.63) is 75.3 Å². The lowest BCUT2D eigenvalue weighted by molar-refractivity contribution is -0.115. The van der Waals surface area contributed by atoms with E-state index in [-0.39, 0.29) is 12.5 Å². The van der Waals surface area contributed by atoms with Gasteiger partial charge in [-0.2, -0.15) is 0 Å². The first-order valence-electron chi connectivity index (χ1n) is 8.60. The molecule has 0 fully saturated rings. The number of nitrogens with zero attached hydrogens (tertiary/aromatic N) is 2. The van der Waals surface area contributed by atoms with Crippen LogP contribution in [-0.2, 0) is 16.1 Å². The maximum atomic E-state index is 12.3. The van der Waals surface area contributed by atoms with Crippen molar-refractivity contribution in [3.8, 4) is 0 Å². The van der Waals surface area contributed by atoms with Crippen LogP contribution >= 0.6 is 22.9 Å². The lowest BCUT2D eigenvalue weighted by atomic mass is 10.1. The SMILES string of the molecule is CC(=O)N(c1cccc(Cl)c1)c1nc(COC(=O)c2ccc(C)c(C)c2)cs1. The van der Waals surface area contributed by atoms with Crippen LogP contribution in [0.2, 0.25) is 5.02 Å².